The maximum Gasteiger partial charge on any atom is 0.332 e. The molecule has 9 nitrogen and oxygen atoms in total. The molecule has 0 saturated carbocycles. The molecule has 0 aliphatic carbocycles. The molecule has 1 aliphatic heterocycles. The van der Waals surface area contributed by atoms with Crippen molar-refractivity contribution >= 4 is 24.0 Å². The highest BCUT2D eigenvalue weighted by Gasteiger charge is 2.35. The third-order valence-electron chi connectivity index (χ3n) is 6.28. The first kappa shape index (κ1) is 24.6. The van der Waals surface area contributed by atoms with E-state index in [2.05, 4.69) is 4.98 Å². The quantitative estimate of drug-likeness (QED) is 0.443. The Morgan fingerprint density at radius 2 is 2.03 bits per heavy atom. The topological polar surface area (TPSA) is 105 Å². The Labute approximate surface area is 188 Å². The second-order valence-electron chi connectivity index (χ2n) is 9.39. The number of aliphatic hydroxyl groups is 1. The van der Waals surface area contributed by atoms with Gasteiger partial charge in [0.05, 0.1) is 23.2 Å². The average molecular weight is 447 g/mol. The van der Waals surface area contributed by atoms with Gasteiger partial charge in [-0.2, -0.15) is 0 Å². The summed E-state index contributed by atoms with van der Waals surface area (Å²) in [5, 5.41) is 10.6. The molecular weight excluding hydrogens is 413 g/mol. The minimum Gasteiger partial charge on any atom is -0.427 e. The fourth-order valence-electron chi connectivity index (χ4n) is 3.43. The number of ether oxygens (including phenoxy) is 2. The van der Waals surface area contributed by atoms with Crippen LogP contribution in [0.5, 0.6) is 0 Å². The summed E-state index contributed by atoms with van der Waals surface area (Å²) in [4.78, 5) is 30.1. The third kappa shape index (κ3) is 5.48. The molecule has 1 atom stereocenters. The Balaban J connectivity index is 1.76. The Morgan fingerprint density at radius 3 is 2.69 bits per heavy atom. The normalized spacial score (nSPS) is 17.6. The predicted molar refractivity (Wildman–Crippen MR) is 124 cm³/mol. The molecule has 1 aliphatic rings. The fourth-order valence-corrected chi connectivity index (χ4v) is 3.43. The van der Waals surface area contributed by atoms with Crippen molar-refractivity contribution in [1.82, 2.24) is 14.1 Å². The Kier molecular flexibility index (Phi) is 7.59. The van der Waals surface area contributed by atoms with Crippen LogP contribution in [-0.4, -0.2) is 57.4 Å². The molecule has 0 bridgehead atoms. The van der Waals surface area contributed by atoms with Gasteiger partial charge in [-0.3, -0.25) is 13.9 Å². The molecule has 3 heterocycles. The van der Waals surface area contributed by atoms with Crippen LogP contribution in [-0.2, 0) is 27.7 Å². The highest BCUT2D eigenvalue weighted by Crippen LogP contribution is 2.24. The zero-order valence-corrected chi connectivity index (χ0v) is 19.7. The minimum atomic E-state index is -1.04. The molecule has 2 aromatic rings. The standard InChI is InChI=1S/C22H34BN3O6/c1-21(2,29)22(3,4)32-23-15-13-16-18(24-14-15)25(5)20(28)26(19(16)27)10-8-12-31-17-9-6-7-11-30-17/h13-14,17,23,29H,6-12H2,1-5H3. The first-order valence-electron chi connectivity index (χ1n) is 11.2. The number of pyridine rings is 1. The van der Waals surface area contributed by atoms with Crippen molar-refractivity contribution in [2.45, 2.75) is 77.4 Å². The number of nitrogens with zero attached hydrogens (tertiary/aromatic N) is 3. The summed E-state index contributed by atoms with van der Waals surface area (Å²) in [5.74, 6) is 0. The monoisotopic (exact) mass is 447 g/mol. The lowest BCUT2D eigenvalue weighted by atomic mass is 9.83. The SMILES string of the molecule is Cn1c(=O)n(CCCOC2CCCCO2)c(=O)c2cc(BOC(C)(C)C(C)(C)O)cnc21. The van der Waals surface area contributed by atoms with Gasteiger partial charge in [-0.05, 0) is 64.9 Å². The van der Waals surface area contributed by atoms with E-state index in [0.29, 0.717) is 36.1 Å². The van der Waals surface area contributed by atoms with Crippen LogP contribution in [0.15, 0.2) is 21.9 Å². The van der Waals surface area contributed by atoms with Gasteiger partial charge in [0.2, 0.25) is 0 Å². The molecule has 1 saturated heterocycles. The number of aromatic nitrogens is 3. The number of hydrogen-bond donors (Lipinski definition) is 1. The summed E-state index contributed by atoms with van der Waals surface area (Å²) in [6, 6.07) is 1.70. The maximum atomic E-state index is 13.1. The number of rotatable bonds is 9. The van der Waals surface area contributed by atoms with Crippen molar-refractivity contribution < 1.29 is 19.2 Å². The van der Waals surface area contributed by atoms with Gasteiger partial charge >= 0.3 is 13.2 Å². The highest BCUT2D eigenvalue weighted by atomic mass is 16.7. The largest absolute Gasteiger partial charge is 0.427 e. The summed E-state index contributed by atoms with van der Waals surface area (Å²) in [7, 11) is 1.78. The maximum absolute atomic E-state index is 13.1. The minimum absolute atomic E-state index is 0.178. The van der Waals surface area contributed by atoms with E-state index in [4.69, 9.17) is 14.1 Å². The predicted octanol–water partition coefficient (Wildman–Crippen LogP) is 0.571. The van der Waals surface area contributed by atoms with Gasteiger partial charge in [-0.25, -0.2) is 9.78 Å². The molecule has 3 rings (SSSR count). The van der Waals surface area contributed by atoms with Gasteiger partial charge in [0.1, 0.15) is 5.65 Å². The summed E-state index contributed by atoms with van der Waals surface area (Å²) in [6.07, 6.45) is 4.93. The van der Waals surface area contributed by atoms with Crippen LogP contribution < -0.4 is 16.7 Å². The lowest BCUT2D eigenvalue weighted by Gasteiger charge is -2.37. The number of fused-ring (bicyclic) bond motifs is 1. The van der Waals surface area contributed by atoms with E-state index >= 15 is 0 Å². The van der Waals surface area contributed by atoms with Gasteiger partial charge < -0.3 is 19.2 Å². The molecule has 1 unspecified atom stereocenters. The van der Waals surface area contributed by atoms with E-state index in [0.717, 1.165) is 19.3 Å². The summed E-state index contributed by atoms with van der Waals surface area (Å²) >= 11 is 0. The van der Waals surface area contributed by atoms with Crippen LogP contribution >= 0.6 is 0 Å². The molecule has 0 spiro atoms. The van der Waals surface area contributed by atoms with E-state index in [1.165, 1.54) is 9.13 Å². The molecule has 2 aromatic heterocycles. The van der Waals surface area contributed by atoms with Gasteiger partial charge in [0.25, 0.3) is 5.56 Å². The molecular formula is C22H34BN3O6. The van der Waals surface area contributed by atoms with Crippen LogP contribution in [0.2, 0.25) is 0 Å². The van der Waals surface area contributed by atoms with E-state index < -0.39 is 16.9 Å². The van der Waals surface area contributed by atoms with Gasteiger partial charge in [0.15, 0.2) is 6.29 Å². The molecule has 1 fully saturated rings. The van der Waals surface area contributed by atoms with Crippen molar-refractivity contribution in [3.63, 3.8) is 0 Å². The second kappa shape index (κ2) is 9.86. The number of hydrogen-bond acceptors (Lipinski definition) is 7. The summed E-state index contributed by atoms with van der Waals surface area (Å²) < 4.78 is 19.8. The van der Waals surface area contributed by atoms with Gasteiger partial charge in [-0.1, -0.05) is 0 Å². The summed E-state index contributed by atoms with van der Waals surface area (Å²) in [5.41, 5.74) is -1.61. The van der Waals surface area contributed by atoms with Crippen LogP contribution in [0.25, 0.3) is 11.0 Å². The molecule has 1 N–H and O–H groups in total. The second-order valence-corrected chi connectivity index (χ2v) is 9.39. The molecule has 0 amide bonds. The first-order chi connectivity index (χ1) is 15.0. The zero-order valence-electron chi connectivity index (χ0n) is 19.7. The molecule has 32 heavy (non-hydrogen) atoms. The van der Waals surface area contributed by atoms with Crippen molar-refractivity contribution in [3.05, 3.63) is 33.1 Å². The molecule has 176 valence electrons. The van der Waals surface area contributed by atoms with Crippen LogP contribution in [0.4, 0.5) is 0 Å². The lowest BCUT2D eigenvalue weighted by molar-refractivity contribution is -0.163. The van der Waals surface area contributed by atoms with Crippen molar-refractivity contribution in [3.8, 4) is 0 Å². The van der Waals surface area contributed by atoms with Crippen LogP contribution in [0.1, 0.15) is 53.4 Å². The molecule has 10 heteroatoms. The van der Waals surface area contributed by atoms with Gasteiger partial charge in [0, 0.05) is 26.4 Å². The fraction of sp³-hybridized carbons (Fsp3) is 0.682. The lowest BCUT2D eigenvalue weighted by Crippen LogP contribution is -2.49. The Morgan fingerprint density at radius 1 is 1.28 bits per heavy atom. The third-order valence-corrected chi connectivity index (χ3v) is 6.28. The Bertz CT molecular complexity index is 1050. The van der Waals surface area contributed by atoms with E-state index in [9.17, 15) is 14.7 Å². The van der Waals surface area contributed by atoms with Gasteiger partial charge in [-0.15, -0.1) is 0 Å². The first-order valence-corrected chi connectivity index (χ1v) is 11.2. The van der Waals surface area contributed by atoms with Crippen molar-refractivity contribution in [2.24, 2.45) is 7.05 Å². The molecule has 0 aromatic carbocycles. The smallest absolute Gasteiger partial charge is 0.332 e. The highest BCUT2D eigenvalue weighted by molar-refractivity contribution is 6.47. The number of aryl methyl sites for hydroxylation is 1. The van der Waals surface area contributed by atoms with E-state index in [-0.39, 0.29) is 25.9 Å². The summed E-state index contributed by atoms with van der Waals surface area (Å²) in [6.45, 7) is 8.35. The average Bonchev–Trinajstić information content (AvgIpc) is 2.75. The van der Waals surface area contributed by atoms with Crippen molar-refractivity contribution in [1.29, 1.82) is 0 Å². The van der Waals surface area contributed by atoms with Crippen LogP contribution in [0, 0.1) is 0 Å². The van der Waals surface area contributed by atoms with Crippen molar-refractivity contribution in [2.75, 3.05) is 13.2 Å². The molecule has 0 radical (unpaired) electrons. The van der Waals surface area contributed by atoms with E-state index in [1.54, 1.807) is 47.0 Å². The Hall–Kier alpha value is -2.01. The van der Waals surface area contributed by atoms with Crippen LogP contribution in [0.3, 0.4) is 0 Å². The van der Waals surface area contributed by atoms with E-state index in [1.807, 2.05) is 0 Å². The zero-order chi connectivity index (χ0) is 23.5.